The first kappa shape index (κ1) is 12.7. The van der Waals surface area contributed by atoms with Gasteiger partial charge in [-0.2, -0.15) is 5.10 Å². The number of carbonyl (C=O) groups is 1. The van der Waals surface area contributed by atoms with Crippen molar-refractivity contribution < 1.29 is 9.53 Å². The molecule has 1 aliphatic rings. The molecule has 0 saturated carbocycles. The monoisotopic (exact) mass is 273 g/mol. The maximum Gasteiger partial charge on any atom is 0.357 e. The second-order valence-electron chi connectivity index (χ2n) is 4.64. The lowest BCUT2D eigenvalue weighted by atomic mass is 10.0. The van der Waals surface area contributed by atoms with E-state index < -0.39 is 5.97 Å². The van der Waals surface area contributed by atoms with Crippen LogP contribution in [0.1, 0.15) is 21.7 Å². The number of hydrogen-bond donors (Lipinski definition) is 1. The van der Waals surface area contributed by atoms with E-state index in [1.807, 2.05) is 13.2 Å². The summed E-state index contributed by atoms with van der Waals surface area (Å²) >= 11 is 0. The van der Waals surface area contributed by atoms with Crippen LogP contribution in [0.5, 0.6) is 0 Å². The van der Waals surface area contributed by atoms with E-state index in [4.69, 9.17) is 4.74 Å². The van der Waals surface area contributed by atoms with Crippen LogP contribution in [0.15, 0.2) is 12.4 Å². The Morgan fingerprint density at radius 3 is 3.00 bits per heavy atom. The molecule has 7 nitrogen and oxygen atoms in total. The van der Waals surface area contributed by atoms with E-state index in [2.05, 4.69) is 20.4 Å². The Hall–Kier alpha value is -2.28. The summed E-state index contributed by atoms with van der Waals surface area (Å²) in [6.07, 6.45) is 4.28. The van der Waals surface area contributed by atoms with Gasteiger partial charge in [0.1, 0.15) is 0 Å². The number of ether oxygens (including phenoxy) is 1. The van der Waals surface area contributed by atoms with Crippen molar-refractivity contribution in [2.75, 3.05) is 13.7 Å². The van der Waals surface area contributed by atoms with Crippen LogP contribution in [0.3, 0.4) is 0 Å². The number of methoxy groups -OCH3 is 1. The standard InChI is InChI=1S/C13H15N5O2/c1-18-7-8(5-15-18)12-16-10-3-4-14-6-9(10)11(17-12)13(19)20-2/h5,7,14H,3-4,6H2,1-2H3. The first-order valence-electron chi connectivity index (χ1n) is 6.37. The van der Waals surface area contributed by atoms with Gasteiger partial charge in [-0.25, -0.2) is 14.8 Å². The summed E-state index contributed by atoms with van der Waals surface area (Å²) in [6, 6.07) is 0. The first-order valence-corrected chi connectivity index (χ1v) is 6.37. The van der Waals surface area contributed by atoms with E-state index >= 15 is 0 Å². The van der Waals surface area contributed by atoms with Crippen LogP contribution in [0.4, 0.5) is 0 Å². The van der Waals surface area contributed by atoms with Crippen LogP contribution in [0, 0.1) is 0 Å². The highest BCUT2D eigenvalue weighted by Gasteiger charge is 2.23. The number of rotatable bonds is 2. The van der Waals surface area contributed by atoms with E-state index in [1.165, 1.54) is 7.11 Å². The number of nitrogens with one attached hydrogen (secondary N) is 1. The first-order chi connectivity index (χ1) is 9.69. The molecule has 1 N–H and O–H groups in total. The third-order valence-electron chi connectivity index (χ3n) is 3.27. The zero-order valence-corrected chi connectivity index (χ0v) is 11.4. The smallest absolute Gasteiger partial charge is 0.357 e. The van der Waals surface area contributed by atoms with Crippen LogP contribution >= 0.6 is 0 Å². The molecule has 0 atom stereocenters. The summed E-state index contributed by atoms with van der Waals surface area (Å²) in [6.45, 7) is 1.43. The SMILES string of the molecule is COC(=O)c1nc(-c2cnn(C)c2)nc2c1CNCC2. The molecule has 0 aliphatic carbocycles. The molecule has 2 aromatic heterocycles. The molecule has 0 radical (unpaired) electrons. The topological polar surface area (TPSA) is 81.9 Å². The van der Waals surface area contributed by atoms with Gasteiger partial charge in [-0.05, 0) is 0 Å². The largest absolute Gasteiger partial charge is 0.464 e. The minimum atomic E-state index is -0.433. The van der Waals surface area contributed by atoms with Gasteiger partial charge < -0.3 is 10.1 Å². The molecule has 20 heavy (non-hydrogen) atoms. The Labute approximate surface area is 116 Å². The molecule has 3 heterocycles. The summed E-state index contributed by atoms with van der Waals surface area (Å²) < 4.78 is 6.50. The molecule has 0 unspecified atom stereocenters. The van der Waals surface area contributed by atoms with Gasteiger partial charge in [0.05, 0.1) is 24.6 Å². The molecular formula is C13H15N5O2. The Morgan fingerprint density at radius 2 is 2.30 bits per heavy atom. The number of nitrogens with zero attached hydrogens (tertiary/aromatic N) is 4. The van der Waals surface area contributed by atoms with E-state index in [-0.39, 0.29) is 0 Å². The molecule has 7 heteroatoms. The van der Waals surface area contributed by atoms with Crippen molar-refractivity contribution in [1.29, 1.82) is 0 Å². The number of esters is 1. The van der Waals surface area contributed by atoms with Gasteiger partial charge in [-0.3, -0.25) is 4.68 Å². The zero-order valence-electron chi connectivity index (χ0n) is 11.4. The van der Waals surface area contributed by atoms with Crippen molar-refractivity contribution in [3.05, 3.63) is 29.3 Å². The summed E-state index contributed by atoms with van der Waals surface area (Å²) in [5.74, 6) is 0.0802. The van der Waals surface area contributed by atoms with Gasteiger partial charge in [0.2, 0.25) is 0 Å². The average Bonchev–Trinajstić information content (AvgIpc) is 2.92. The molecule has 0 bridgehead atoms. The molecule has 104 valence electrons. The highest BCUT2D eigenvalue weighted by molar-refractivity contribution is 5.89. The van der Waals surface area contributed by atoms with Crippen molar-refractivity contribution in [2.24, 2.45) is 7.05 Å². The second-order valence-corrected chi connectivity index (χ2v) is 4.64. The van der Waals surface area contributed by atoms with Crippen LogP contribution < -0.4 is 5.32 Å². The molecule has 2 aromatic rings. The number of aromatic nitrogens is 4. The molecule has 0 fully saturated rings. The van der Waals surface area contributed by atoms with Crippen LogP contribution in [-0.2, 0) is 24.8 Å². The lowest BCUT2D eigenvalue weighted by Gasteiger charge is -2.18. The summed E-state index contributed by atoms with van der Waals surface area (Å²) in [4.78, 5) is 20.8. The van der Waals surface area contributed by atoms with Gasteiger partial charge in [0.15, 0.2) is 11.5 Å². The summed E-state index contributed by atoms with van der Waals surface area (Å²) in [5.41, 5.74) is 2.86. The number of fused-ring (bicyclic) bond motifs is 1. The Balaban J connectivity index is 2.15. The van der Waals surface area contributed by atoms with Crippen LogP contribution in [-0.4, -0.2) is 39.4 Å². The Kier molecular flexibility index (Phi) is 3.19. The molecule has 0 aromatic carbocycles. The lowest BCUT2D eigenvalue weighted by Crippen LogP contribution is -2.28. The predicted molar refractivity (Wildman–Crippen MR) is 71.0 cm³/mol. The molecule has 1 aliphatic heterocycles. The summed E-state index contributed by atoms with van der Waals surface area (Å²) in [5, 5.41) is 7.33. The number of aryl methyl sites for hydroxylation is 1. The number of hydrogen-bond acceptors (Lipinski definition) is 6. The van der Waals surface area contributed by atoms with Crippen molar-refractivity contribution in [1.82, 2.24) is 25.1 Å². The van der Waals surface area contributed by atoms with Gasteiger partial charge >= 0.3 is 5.97 Å². The van der Waals surface area contributed by atoms with Crippen LogP contribution in [0.2, 0.25) is 0 Å². The minimum Gasteiger partial charge on any atom is -0.464 e. The fourth-order valence-corrected chi connectivity index (χ4v) is 2.27. The third-order valence-corrected chi connectivity index (χ3v) is 3.27. The second kappa shape index (κ2) is 5.01. The maximum atomic E-state index is 11.9. The fraction of sp³-hybridized carbons (Fsp3) is 0.385. The van der Waals surface area contributed by atoms with Gasteiger partial charge in [-0.15, -0.1) is 0 Å². The molecule has 0 spiro atoms. The van der Waals surface area contributed by atoms with E-state index in [1.54, 1.807) is 10.9 Å². The summed E-state index contributed by atoms with van der Waals surface area (Å²) in [7, 11) is 3.18. The van der Waals surface area contributed by atoms with Crippen molar-refractivity contribution in [2.45, 2.75) is 13.0 Å². The van der Waals surface area contributed by atoms with E-state index in [0.717, 1.165) is 29.8 Å². The normalized spacial score (nSPS) is 13.9. The zero-order chi connectivity index (χ0) is 14.1. The molecular weight excluding hydrogens is 258 g/mol. The van der Waals surface area contributed by atoms with Crippen molar-refractivity contribution >= 4 is 5.97 Å². The average molecular weight is 273 g/mol. The quantitative estimate of drug-likeness (QED) is 0.793. The van der Waals surface area contributed by atoms with Gasteiger partial charge in [0, 0.05) is 38.3 Å². The van der Waals surface area contributed by atoms with Crippen molar-refractivity contribution in [3.8, 4) is 11.4 Å². The maximum absolute atomic E-state index is 11.9. The third kappa shape index (κ3) is 2.16. The van der Waals surface area contributed by atoms with E-state index in [9.17, 15) is 4.79 Å². The highest BCUT2D eigenvalue weighted by Crippen LogP contribution is 2.21. The Bertz CT molecular complexity index is 665. The van der Waals surface area contributed by atoms with Crippen molar-refractivity contribution in [3.63, 3.8) is 0 Å². The predicted octanol–water partition coefficient (Wildman–Crippen LogP) is 0.309. The highest BCUT2D eigenvalue weighted by atomic mass is 16.5. The van der Waals surface area contributed by atoms with E-state index in [0.29, 0.717) is 18.1 Å². The van der Waals surface area contributed by atoms with Crippen LogP contribution in [0.25, 0.3) is 11.4 Å². The minimum absolute atomic E-state index is 0.337. The Morgan fingerprint density at radius 1 is 1.45 bits per heavy atom. The van der Waals surface area contributed by atoms with Gasteiger partial charge in [0.25, 0.3) is 0 Å². The lowest BCUT2D eigenvalue weighted by molar-refractivity contribution is 0.0592. The molecule has 0 saturated heterocycles. The molecule has 3 rings (SSSR count). The fourth-order valence-electron chi connectivity index (χ4n) is 2.27. The van der Waals surface area contributed by atoms with Gasteiger partial charge in [-0.1, -0.05) is 0 Å². The molecule has 0 amide bonds. The number of carbonyl (C=O) groups excluding carboxylic acids is 1.